The van der Waals surface area contributed by atoms with Crippen LogP contribution >= 0.6 is 23.2 Å². The van der Waals surface area contributed by atoms with Crippen molar-refractivity contribution in [3.05, 3.63) is 117 Å². The van der Waals surface area contributed by atoms with E-state index >= 15 is 0 Å². The van der Waals surface area contributed by atoms with Gasteiger partial charge in [-0.05, 0) is 53.6 Å². The minimum absolute atomic E-state index is 0.0251. The van der Waals surface area contributed by atoms with E-state index in [0.717, 1.165) is 12.1 Å². The number of carbonyl (C=O) groups excluding carboxylic acids is 3. The number of Topliss-reactive ketones (excluding diaryl/α,β-unsaturated/α-hetero) is 1. The molecule has 0 bridgehead atoms. The molecule has 0 saturated heterocycles. The maximum atomic E-state index is 13.7. The quantitative estimate of drug-likeness (QED) is 0.293. The summed E-state index contributed by atoms with van der Waals surface area (Å²) in [6.45, 7) is -0.0338. The first kappa shape index (κ1) is 29.2. The molecule has 3 aromatic heterocycles. The van der Waals surface area contributed by atoms with Gasteiger partial charge in [-0.3, -0.25) is 19.4 Å². The number of pyridine rings is 3. The summed E-state index contributed by atoms with van der Waals surface area (Å²) in [5.41, 5.74) is 0.760. The molecule has 2 amide bonds. The van der Waals surface area contributed by atoms with E-state index in [-0.39, 0.29) is 47.3 Å². The number of nitrogens with one attached hydrogen (secondary N) is 1. The van der Waals surface area contributed by atoms with Gasteiger partial charge in [-0.1, -0.05) is 35.3 Å². The van der Waals surface area contributed by atoms with Gasteiger partial charge >= 0.3 is 6.18 Å². The Balaban J connectivity index is 1.40. The van der Waals surface area contributed by atoms with Crippen molar-refractivity contribution >= 4 is 46.6 Å². The summed E-state index contributed by atoms with van der Waals surface area (Å²) in [6, 6.07) is 12.3. The van der Waals surface area contributed by atoms with E-state index < -0.39 is 29.6 Å². The predicted octanol–water partition coefficient (Wildman–Crippen LogP) is 5.83. The molecule has 0 fully saturated rings. The van der Waals surface area contributed by atoms with E-state index in [1.165, 1.54) is 23.2 Å². The molecule has 4 heterocycles. The van der Waals surface area contributed by atoms with Crippen LogP contribution in [0.4, 0.5) is 19.0 Å². The smallest absolute Gasteiger partial charge is 0.323 e. The van der Waals surface area contributed by atoms with E-state index in [1.807, 2.05) is 0 Å². The van der Waals surface area contributed by atoms with Crippen molar-refractivity contribution in [1.29, 1.82) is 0 Å². The summed E-state index contributed by atoms with van der Waals surface area (Å²) in [4.78, 5) is 53.5. The van der Waals surface area contributed by atoms with E-state index in [1.54, 1.807) is 36.5 Å². The van der Waals surface area contributed by atoms with E-state index in [0.29, 0.717) is 28.0 Å². The number of hydrogen-bond donors (Lipinski definition) is 1. The van der Waals surface area contributed by atoms with Gasteiger partial charge in [0.25, 0.3) is 11.8 Å². The average Bonchev–Trinajstić information content (AvgIpc) is 3.03. The van der Waals surface area contributed by atoms with Gasteiger partial charge < -0.3 is 10.2 Å². The number of ketones is 1. The van der Waals surface area contributed by atoms with Crippen LogP contribution in [-0.4, -0.2) is 43.5 Å². The SMILES string of the molecule is O=C(Nc1ccc(C(F)(F)F)cn1)c1ccc(CN2C(=O)c3ncc(Cl)cc3CC(=O)[C@H]2Cc2ccccn2)cc1Cl. The maximum absolute atomic E-state index is 13.7. The van der Waals surface area contributed by atoms with Crippen LogP contribution in [0.5, 0.6) is 0 Å². The lowest BCUT2D eigenvalue weighted by Crippen LogP contribution is -2.45. The number of alkyl halides is 3. The summed E-state index contributed by atoms with van der Waals surface area (Å²) < 4.78 is 38.4. The van der Waals surface area contributed by atoms with Crippen molar-refractivity contribution in [2.75, 3.05) is 5.32 Å². The van der Waals surface area contributed by atoms with Crippen molar-refractivity contribution in [1.82, 2.24) is 19.9 Å². The van der Waals surface area contributed by atoms with Crippen molar-refractivity contribution in [2.45, 2.75) is 31.6 Å². The Morgan fingerprint density at radius 1 is 1.00 bits per heavy atom. The zero-order valence-corrected chi connectivity index (χ0v) is 23.0. The molecule has 1 aliphatic heterocycles. The molecule has 5 rings (SSSR count). The number of nitrogens with zero attached hydrogens (tertiary/aromatic N) is 4. The highest BCUT2D eigenvalue weighted by Gasteiger charge is 2.37. The molecule has 1 aromatic carbocycles. The second-order valence-electron chi connectivity index (χ2n) is 9.48. The minimum atomic E-state index is -4.56. The molecule has 0 saturated carbocycles. The molecule has 214 valence electrons. The number of rotatable bonds is 6. The molecule has 8 nitrogen and oxygen atoms in total. The molecule has 1 atom stereocenters. The summed E-state index contributed by atoms with van der Waals surface area (Å²) in [6.07, 6.45) is -0.877. The van der Waals surface area contributed by atoms with Gasteiger partial charge in [0.1, 0.15) is 11.5 Å². The van der Waals surface area contributed by atoms with Crippen LogP contribution in [0.25, 0.3) is 0 Å². The zero-order chi connectivity index (χ0) is 30.0. The molecular formula is C29H20Cl2F3N5O3. The van der Waals surface area contributed by atoms with E-state index in [4.69, 9.17) is 23.2 Å². The van der Waals surface area contributed by atoms with Gasteiger partial charge in [-0.2, -0.15) is 13.2 Å². The largest absolute Gasteiger partial charge is 0.417 e. The fraction of sp³-hybridized carbons (Fsp3) is 0.172. The lowest BCUT2D eigenvalue weighted by Gasteiger charge is -2.29. The standard InChI is InChI=1S/C29H20Cl2F3N5O3/c30-19-10-17-11-24(40)23(12-20-3-1-2-8-35-20)39(28(42)26(17)37-14-19)15-16-4-6-21(22(31)9-16)27(41)38-25-7-5-18(13-36-25)29(32,33)34/h1-10,13-14,23H,11-12,15H2,(H,36,38,41)/t23-/m1/s1. The highest BCUT2D eigenvalue weighted by molar-refractivity contribution is 6.34. The first-order chi connectivity index (χ1) is 20.0. The van der Waals surface area contributed by atoms with Crippen LogP contribution in [-0.2, 0) is 30.4 Å². The summed E-state index contributed by atoms with van der Waals surface area (Å²) in [5.74, 6) is -1.48. The normalized spacial score (nSPS) is 15.3. The fourth-order valence-electron chi connectivity index (χ4n) is 4.55. The third-order valence-electron chi connectivity index (χ3n) is 6.60. The first-order valence-electron chi connectivity index (χ1n) is 12.5. The highest BCUT2D eigenvalue weighted by Crippen LogP contribution is 2.30. The zero-order valence-electron chi connectivity index (χ0n) is 21.5. The Morgan fingerprint density at radius 2 is 1.81 bits per heavy atom. The molecular weight excluding hydrogens is 594 g/mol. The Kier molecular flexibility index (Phi) is 8.24. The number of fused-ring (bicyclic) bond motifs is 1. The third kappa shape index (κ3) is 6.42. The number of carbonyl (C=O) groups is 3. The number of halogens is 5. The van der Waals surface area contributed by atoms with Crippen LogP contribution in [0.3, 0.4) is 0 Å². The number of hydrogen-bond acceptors (Lipinski definition) is 6. The molecule has 0 unspecified atom stereocenters. The van der Waals surface area contributed by atoms with Crippen LogP contribution < -0.4 is 5.32 Å². The fourth-order valence-corrected chi connectivity index (χ4v) is 5.01. The van der Waals surface area contributed by atoms with E-state index in [9.17, 15) is 27.6 Å². The van der Waals surface area contributed by atoms with E-state index in [2.05, 4.69) is 20.3 Å². The summed E-state index contributed by atoms with van der Waals surface area (Å²) in [7, 11) is 0. The maximum Gasteiger partial charge on any atom is 0.417 e. The van der Waals surface area contributed by atoms with Gasteiger partial charge in [0.2, 0.25) is 0 Å². The Labute approximate surface area is 247 Å². The van der Waals surface area contributed by atoms with Crippen LogP contribution in [0.1, 0.15) is 43.2 Å². The Morgan fingerprint density at radius 3 is 2.48 bits per heavy atom. The van der Waals surface area contributed by atoms with Gasteiger partial charge in [0, 0.05) is 43.7 Å². The summed E-state index contributed by atoms with van der Waals surface area (Å²) in [5, 5.41) is 2.74. The second-order valence-corrected chi connectivity index (χ2v) is 10.3. The van der Waals surface area contributed by atoms with Gasteiger partial charge in [-0.25, -0.2) is 9.97 Å². The summed E-state index contributed by atoms with van der Waals surface area (Å²) >= 11 is 12.5. The third-order valence-corrected chi connectivity index (χ3v) is 7.12. The molecule has 4 aromatic rings. The van der Waals surface area contributed by atoms with Crippen molar-refractivity contribution in [3.8, 4) is 0 Å². The lowest BCUT2D eigenvalue weighted by atomic mass is 10.00. The van der Waals surface area contributed by atoms with Crippen LogP contribution in [0.15, 0.2) is 73.2 Å². The van der Waals surface area contributed by atoms with Crippen molar-refractivity contribution in [3.63, 3.8) is 0 Å². The molecule has 42 heavy (non-hydrogen) atoms. The average molecular weight is 614 g/mol. The lowest BCUT2D eigenvalue weighted by molar-refractivity contribution is -0.137. The van der Waals surface area contributed by atoms with Crippen LogP contribution in [0.2, 0.25) is 10.0 Å². The first-order valence-corrected chi connectivity index (χ1v) is 13.3. The highest BCUT2D eigenvalue weighted by atomic mass is 35.5. The molecule has 0 spiro atoms. The minimum Gasteiger partial charge on any atom is -0.323 e. The number of benzene rings is 1. The number of anilines is 1. The molecule has 1 N–H and O–H groups in total. The van der Waals surface area contributed by atoms with Crippen molar-refractivity contribution in [2.24, 2.45) is 0 Å². The monoisotopic (exact) mass is 613 g/mol. The van der Waals surface area contributed by atoms with Crippen molar-refractivity contribution < 1.29 is 27.6 Å². The predicted molar refractivity (Wildman–Crippen MR) is 148 cm³/mol. The topological polar surface area (TPSA) is 105 Å². The Hall–Kier alpha value is -4.35. The molecule has 1 aliphatic rings. The van der Waals surface area contributed by atoms with Crippen LogP contribution in [0, 0.1) is 0 Å². The van der Waals surface area contributed by atoms with Gasteiger partial charge in [-0.15, -0.1) is 0 Å². The Bertz CT molecular complexity index is 1670. The molecule has 0 radical (unpaired) electrons. The number of amides is 2. The number of aromatic nitrogens is 3. The second kappa shape index (κ2) is 11.9. The molecule has 0 aliphatic carbocycles. The molecule has 13 heteroatoms. The van der Waals surface area contributed by atoms with Gasteiger partial charge in [0.15, 0.2) is 5.78 Å². The van der Waals surface area contributed by atoms with Gasteiger partial charge in [0.05, 0.1) is 27.2 Å².